The highest BCUT2D eigenvalue weighted by atomic mass is 14.2. The van der Waals surface area contributed by atoms with Crippen LogP contribution in [0.1, 0.15) is 66.7 Å². The van der Waals surface area contributed by atoms with E-state index in [4.69, 9.17) is 0 Å². The Balaban J connectivity index is 0. The molecule has 0 aromatic carbocycles. The van der Waals surface area contributed by atoms with E-state index in [0.29, 0.717) is 0 Å². The molecule has 0 bridgehead atoms. The first kappa shape index (κ1) is 13.6. The fourth-order valence-corrected chi connectivity index (χ4v) is 1.60. The first-order chi connectivity index (χ1) is 4.93. The fraction of sp³-hybridized carbons (Fsp3) is 1.00. The molecule has 1 rings (SSSR count). The van der Waals surface area contributed by atoms with E-state index in [-0.39, 0.29) is 7.43 Å². The Hall–Kier alpha value is 0. The van der Waals surface area contributed by atoms with Crippen molar-refractivity contribution in [3.63, 3.8) is 0 Å². The van der Waals surface area contributed by atoms with Gasteiger partial charge in [0.15, 0.2) is 0 Å². The highest BCUT2D eigenvalue weighted by Gasteiger charge is 2.09. The van der Waals surface area contributed by atoms with Gasteiger partial charge in [0.25, 0.3) is 0 Å². The summed E-state index contributed by atoms with van der Waals surface area (Å²) in [6.45, 7) is 6.32. The maximum atomic E-state index is 2.32. The molecule has 0 spiro atoms. The van der Waals surface area contributed by atoms with E-state index in [2.05, 4.69) is 6.92 Å². The lowest BCUT2D eigenvalue weighted by Gasteiger charge is -2.18. The van der Waals surface area contributed by atoms with Crippen molar-refractivity contribution in [3.05, 3.63) is 0 Å². The molecule has 11 heavy (non-hydrogen) atoms. The van der Waals surface area contributed by atoms with Gasteiger partial charge in [0, 0.05) is 0 Å². The van der Waals surface area contributed by atoms with Gasteiger partial charge in [-0.15, -0.1) is 0 Å². The van der Waals surface area contributed by atoms with E-state index in [1.807, 2.05) is 13.8 Å². The van der Waals surface area contributed by atoms with Crippen molar-refractivity contribution >= 4 is 0 Å². The lowest BCUT2D eigenvalue weighted by Crippen LogP contribution is -2.03. The normalized spacial score (nSPS) is 17.7. The molecule has 0 heterocycles. The maximum Gasteiger partial charge on any atom is -0.0417 e. The molecule has 0 saturated heterocycles. The van der Waals surface area contributed by atoms with Gasteiger partial charge >= 0.3 is 0 Å². The predicted molar refractivity (Wildman–Crippen MR) is 54.9 cm³/mol. The molecule has 0 heteroatoms. The summed E-state index contributed by atoms with van der Waals surface area (Å²) in [6, 6.07) is 0. The Morgan fingerprint density at radius 2 is 1.45 bits per heavy atom. The molecule has 1 saturated carbocycles. The van der Waals surface area contributed by atoms with Crippen LogP contribution >= 0.6 is 0 Å². The largest absolute Gasteiger partial charge is 0.0776 e. The van der Waals surface area contributed by atoms with Crippen molar-refractivity contribution in [2.75, 3.05) is 0 Å². The Kier molecular flexibility index (Phi) is 12.3. The third kappa shape index (κ3) is 6.40. The Labute approximate surface area is 73.4 Å². The fourth-order valence-electron chi connectivity index (χ4n) is 1.60. The van der Waals surface area contributed by atoms with Crippen LogP contribution in [0.25, 0.3) is 0 Å². The zero-order valence-corrected chi connectivity index (χ0v) is 7.82. The average molecular weight is 158 g/mol. The molecule has 0 aromatic heterocycles. The molecule has 0 atom stereocenters. The zero-order chi connectivity index (χ0) is 7.82. The Morgan fingerprint density at radius 1 is 1.00 bits per heavy atom. The van der Waals surface area contributed by atoms with Gasteiger partial charge in [-0.1, -0.05) is 66.7 Å². The lowest BCUT2D eigenvalue weighted by atomic mass is 9.88. The topological polar surface area (TPSA) is 0 Å². The second-order valence-electron chi connectivity index (χ2n) is 2.91. The van der Waals surface area contributed by atoms with Crippen molar-refractivity contribution in [3.8, 4) is 0 Å². The van der Waals surface area contributed by atoms with Crippen LogP contribution in [0.2, 0.25) is 0 Å². The number of hydrogen-bond acceptors (Lipinski definition) is 0. The van der Waals surface area contributed by atoms with E-state index in [0.717, 1.165) is 5.92 Å². The van der Waals surface area contributed by atoms with Crippen molar-refractivity contribution in [1.29, 1.82) is 0 Å². The summed E-state index contributed by atoms with van der Waals surface area (Å²) in [4.78, 5) is 0. The van der Waals surface area contributed by atoms with Crippen LogP contribution < -0.4 is 0 Å². The molecular weight excluding hydrogens is 132 g/mol. The van der Waals surface area contributed by atoms with E-state index >= 15 is 0 Å². The summed E-state index contributed by atoms with van der Waals surface area (Å²) in [5.41, 5.74) is 0. The minimum atomic E-state index is 0. The van der Waals surface area contributed by atoms with Crippen molar-refractivity contribution in [2.24, 2.45) is 5.92 Å². The zero-order valence-electron chi connectivity index (χ0n) is 7.82. The molecule has 0 aliphatic heterocycles. The second kappa shape index (κ2) is 10.0. The van der Waals surface area contributed by atoms with Crippen molar-refractivity contribution < 1.29 is 0 Å². The van der Waals surface area contributed by atoms with Gasteiger partial charge in [-0.05, 0) is 5.92 Å². The van der Waals surface area contributed by atoms with Crippen LogP contribution in [0.3, 0.4) is 0 Å². The average Bonchev–Trinajstić information content (AvgIpc) is 2.10. The van der Waals surface area contributed by atoms with Crippen LogP contribution in [-0.4, -0.2) is 0 Å². The smallest absolute Gasteiger partial charge is 0.0417 e. The summed E-state index contributed by atoms with van der Waals surface area (Å²) in [6.07, 6.45) is 8.93. The van der Waals surface area contributed by atoms with Crippen LogP contribution in [0.4, 0.5) is 0 Å². The Morgan fingerprint density at radius 3 is 1.73 bits per heavy atom. The molecule has 1 fully saturated rings. The monoisotopic (exact) mass is 158 g/mol. The third-order valence-corrected chi connectivity index (χ3v) is 2.30. The van der Waals surface area contributed by atoms with Gasteiger partial charge in [-0.2, -0.15) is 0 Å². The standard InChI is InChI=1S/C8H16.C2H6.CH4/c1-2-8-6-4-3-5-7-8;1-2;/h8H,2-7H2,1H3;1-2H3;1H4. The molecule has 0 aromatic rings. The van der Waals surface area contributed by atoms with Crippen LogP contribution in [0.5, 0.6) is 0 Å². The first-order valence-electron chi connectivity index (χ1n) is 4.93. The molecule has 0 unspecified atom stereocenters. The van der Waals surface area contributed by atoms with Gasteiger partial charge in [0.05, 0.1) is 0 Å². The molecule has 1 aliphatic rings. The molecule has 0 radical (unpaired) electrons. The van der Waals surface area contributed by atoms with Crippen LogP contribution in [-0.2, 0) is 0 Å². The van der Waals surface area contributed by atoms with Gasteiger partial charge in [0.2, 0.25) is 0 Å². The minimum absolute atomic E-state index is 0. The summed E-state index contributed by atoms with van der Waals surface area (Å²) in [7, 11) is 0. The minimum Gasteiger partial charge on any atom is -0.0776 e. The highest BCUT2D eigenvalue weighted by Crippen LogP contribution is 2.25. The number of hydrogen-bond donors (Lipinski definition) is 0. The van der Waals surface area contributed by atoms with Gasteiger partial charge in [-0.25, -0.2) is 0 Å². The summed E-state index contributed by atoms with van der Waals surface area (Å²) < 4.78 is 0. The lowest BCUT2D eigenvalue weighted by molar-refractivity contribution is 0.349. The number of rotatable bonds is 1. The Bertz CT molecular complexity index is 51.1. The second-order valence-corrected chi connectivity index (χ2v) is 2.91. The molecular formula is C11H26. The molecule has 1 aliphatic carbocycles. The van der Waals surface area contributed by atoms with Gasteiger partial charge < -0.3 is 0 Å². The van der Waals surface area contributed by atoms with Crippen LogP contribution in [0, 0.1) is 5.92 Å². The van der Waals surface area contributed by atoms with E-state index in [1.165, 1.54) is 38.5 Å². The summed E-state index contributed by atoms with van der Waals surface area (Å²) in [5, 5.41) is 0. The van der Waals surface area contributed by atoms with Crippen molar-refractivity contribution in [2.45, 2.75) is 66.7 Å². The molecule has 70 valence electrons. The molecule has 0 amide bonds. The SMILES string of the molecule is C.CC.CCC1CCCCC1. The highest BCUT2D eigenvalue weighted by molar-refractivity contribution is 4.63. The van der Waals surface area contributed by atoms with E-state index in [1.54, 1.807) is 0 Å². The third-order valence-electron chi connectivity index (χ3n) is 2.30. The molecule has 0 N–H and O–H groups in total. The van der Waals surface area contributed by atoms with Crippen molar-refractivity contribution in [1.82, 2.24) is 0 Å². The quantitative estimate of drug-likeness (QED) is 0.521. The van der Waals surface area contributed by atoms with E-state index < -0.39 is 0 Å². The van der Waals surface area contributed by atoms with E-state index in [9.17, 15) is 0 Å². The predicted octanol–water partition coefficient (Wildman–Crippen LogP) is 4.64. The first-order valence-corrected chi connectivity index (χ1v) is 4.93. The maximum absolute atomic E-state index is 2.32. The van der Waals surface area contributed by atoms with Gasteiger partial charge in [-0.3, -0.25) is 0 Å². The van der Waals surface area contributed by atoms with Gasteiger partial charge in [0.1, 0.15) is 0 Å². The summed E-state index contributed by atoms with van der Waals surface area (Å²) >= 11 is 0. The summed E-state index contributed by atoms with van der Waals surface area (Å²) in [5.74, 6) is 1.09. The molecule has 0 nitrogen and oxygen atoms in total. The van der Waals surface area contributed by atoms with Crippen LogP contribution in [0.15, 0.2) is 0 Å².